The molecule has 9 heteroatoms. The third kappa shape index (κ3) is 5.15. The molecule has 2 aromatic heterocycles. The van der Waals surface area contributed by atoms with E-state index in [1.807, 2.05) is 24.3 Å². The molecule has 0 saturated heterocycles. The van der Waals surface area contributed by atoms with Gasteiger partial charge in [0.05, 0.1) is 12.1 Å². The number of aromatic amines is 1. The molecular weight excluding hydrogens is 492 g/mol. The number of nitrogens with one attached hydrogen (secondary N) is 1. The number of pyridine rings is 1. The Morgan fingerprint density at radius 3 is 2.64 bits per heavy atom. The summed E-state index contributed by atoms with van der Waals surface area (Å²) in [5.41, 5.74) is 4.97. The van der Waals surface area contributed by atoms with Crippen LogP contribution in [0.15, 0.2) is 41.2 Å². The van der Waals surface area contributed by atoms with E-state index in [0.717, 1.165) is 64.2 Å². The summed E-state index contributed by atoms with van der Waals surface area (Å²) in [5.74, 6) is 2.38. The van der Waals surface area contributed by atoms with Crippen LogP contribution in [-0.2, 0) is 13.1 Å². The molecule has 2 aromatic carbocycles. The summed E-state index contributed by atoms with van der Waals surface area (Å²) in [4.78, 5) is 18.8. The molecule has 2 aliphatic rings. The van der Waals surface area contributed by atoms with Crippen molar-refractivity contribution >= 4 is 10.9 Å². The molecule has 1 N–H and O–H groups in total. The molecule has 0 spiro atoms. The first-order chi connectivity index (χ1) is 19.0. The van der Waals surface area contributed by atoms with Crippen molar-refractivity contribution < 1.29 is 9.47 Å². The second-order valence-electron chi connectivity index (χ2n) is 10.9. The van der Waals surface area contributed by atoms with Gasteiger partial charge < -0.3 is 14.5 Å². The topological polar surface area (TPSA) is 98.2 Å². The van der Waals surface area contributed by atoms with E-state index < -0.39 is 0 Å². The van der Waals surface area contributed by atoms with Crippen LogP contribution < -0.4 is 15.0 Å². The molecular formula is C30H36N6O3. The number of rotatable bonds is 8. The smallest absolute Gasteiger partial charge is 0.252 e. The van der Waals surface area contributed by atoms with E-state index in [2.05, 4.69) is 63.0 Å². The van der Waals surface area contributed by atoms with Gasteiger partial charge in [-0.1, -0.05) is 32.3 Å². The Balaban J connectivity index is 1.38. The minimum absolute atomic E-state index is 0.0665. The fourth-order valence-electron chi connectivity index (χ4n) is 6.02. The average Bonchev–Trinajstić information content (AvgIpc) is 3.61. The molecule has 1 saturated carbocycles. The van der Waals surface area contributed by atoms with Gasteiger partial charge in [0.1, 0.15) is 0 Å². The quantitative estimate of drug-likeness (QED) is 0.322. The number of fused-ring (bicyclic) bond motifs is 2. The van der Waals surface area contributed by atoms with Gasteiger partial charge in [-0.3, -0.25) is 9.69 Å². The van der Waals surface area contributed by atoms with Gasteiger partial charge in [-0.2, -0.15) is 0 Å². The van der Waals surface area contributed by atoms with Crippen molar-refractivity contribution in [3.05, 3.63) is 74.8 Å². The van der Waals surface area contributed by atoms with E-state index in [9.17, 15) is 4.79 Å². The zero-order valence-corrected chi connectivity index (χ0v) is 22.9. The standard InChI is InChI=1S/C30H36N6O3/c1-4-26(29-32-33-34-36(29)24-8-6-5-7-9-24)35(16-21-10-11-27-28(14-21)39-18-38-27)17-23-15-22-12-19(2)20(3)13-25(22)31-30(23)37/h10-15,24,26H,4-9,16-18H2,1-3H3,(H,31,37)/t26-/m0/s1. The Labute approximate surface area is 228 Å². The third-order valence-corrected chi connectivity index (χ3v) is 8.30. The first-order valence-electron chi connectivity index (χ1n) is 14.0. The molecule has 1 fully saturated rings. The highest BCUT2D eigenvalue weighted by atomic mass is 16.7. The van der Waals surface area contributed by atoms with Crippen LogP contribution >= 0.6 is 0 Å². The second kappa shape index (κ2) is 10.8. The van der Waals surface area contributed by atoms with E-state index in [-0.39, 0.29) is 18.4 Å². The monoisotopic (exact) mass is 528 g/mol. The number of aryl methyl sites for hydroxylation is 2. The largest absolute Gasteiger partial charge is 0.454 e. The molecule has 1 aliphatic carbocycles. The molecule has 204 valence electrons. The van der Waals surface area contributed by atoms with Gasteiger partial charge in [0.2, 0.25) is 6.79 Å². The lowest BCUT2D eigenvalue weighted by molar-refractivity contribution is 0.155. The van der Waals surface area contributed by atoms with Crippen molar-refractivity contribution in [2.24, 2.45) is 0 Å². The number of tetrazole rings is 1. The molecule has 0 bridgehead atoms. The maximum atomic E-state index is 13.3. The van der Waals surface area contributed by atoms with Crippen LogP contribution in [0.1, 0.15) is 85.6 Å². The number of ether oxygens (including phenoxy) is 2. The van der Waals surface area contributed by atoms with Crippen LogP contribution in [-0.4, -0.2) is 36.9 Å². The number of aromatic nitrogens is 5. The lowest BCUT2D eigenvalue weighted by Gasteiger charge is -2.32. The van der Waals surface area contributed by atoms with Gasteiger partial charge in [-0.05, 0) is 95.9 Å². The summed E-state index contributed by atoms with van der Waals surface area (Å²) in [7, 11) is 0. The summed E-state index contributed by atoms with van der Waals surface area (Å²) in [6.07, 6.45) is 6.67. The van der Waals surface area contributed by atoms with Crippen molar-refractivity contribution in [3.63, 3.8) is 0 Å². The summed E-state index contributed by atoms with van der Waals surface area (Å²) in [6.45, 7) is 7.63. The summed E-state index contributed by atoms with van der Waals surface area (Å²) < 4.78 is 13.2. The van der Waals surface area contributed by atoms with Gasteiger partial charge >= 0.3 is 0 Å². The van der Waals surface area contributed by atoms with Gasteiger partial charge in [-0.25, -0.2) is 4.68 Å². The van der Waals surface area contributed by atoms with E-state index in [1.54, 1.807) is 0 Å². The highest BCUT2D eigenvalue weighted by Crippen LogP contribution is 2.36. The third-order valence-electron chi connectivity index (χ3n) is 8.30. The summed E-state index contributed by atoms with van der Waals surface area (Å²) >= 11 is 0. The lowest BCUT2D eigenvalue weighted by atomic mass is 9.95. The number of benzene rings is 2. The number of hydrogen-bond acceptors (Lipinski definition) is 7. The molecule has 0 radical (unpaired) electrons. The fraction of sp³-hybridized carbons (Fsp3) is 0.467. The van der Waals surface area contributed by atoms with Crippen molar-refractivity contribution in [2.75, 3.05) is 6.79 Å². The van der Waals surface area contributed by atoms with Gasteiger partial charge in [0.15, 0.2) is 17.3 Å². The Hall–Kier alpha value is -3.72. The molecule has 3 heterocycles. The number of hydrogen-bond donors (Lipinski definition) is 1. The number of nitrogens with zero attached hydrogens (tertiary/aromatic N) is 5. The predicted octanol–water partition coefficient (Wildman–Crippen LogP) is 5.52. The second-order valence-corrected chi connectivity index (χ2v) is 10.9. The van der Waals surface area contributed by atoms with Gasteiger partial charge in [0, 0.05) is 24.2 Å². The molecule has 0 amide bonds. The van der Waals surface area contributed by atoms with E-state index in [0.29, 0.717) is 19.1 Å². The zero-order chi connectivity index (χ0) is 26.9. The Morgan fingerprint density at radius 2 is 1.82 bits per heavy atom. The van der Waals surface area contributed by atoms with Crippen molar-refractivity contribution in [2.45, 2.75) is 84.5 Å². The maximum Gasteiger partial charge on any atom is 0.252 e. The SMILES string of the molecule is CC[C@@H](c1nnnn1C1CCCCC1)N(Cc1ccc2c(c1)OCO2)Cc1cc2cc(C)c(C)cc2[nH]c1=O. The Bertz CT molecular complexity index is 1540. The first kappa shape index (κ1) is 25.6. The van der Waals surface area contributed by atoms with Crippen molar-refractivity contribution in [1.82, 2.24) is 30.1 Å². The molecule has 4 aromatic rings. The number of H-pyrrole nitrogens is 1. The fourth-order valence-corrected chi connectivity index (χ4v) is 6.02. The minimum Gasteiger partial charge on any atom is -0.454 e. The van der Waals surface area contributed by atoms with Crippen LogP contribution in [0.25, 0.3) is 10.9 Å². The van der Waals surface area contributed by atoms with Crippen LogP contribution in [0.4, 0.5) is 0 Å². The Morgan fingerprint density at radius 1 is 1.03 bits per heavy atom. The highest BCUT2D eigenvalue weighted by Gasteiger charge is 2.29. The van der Waals surface area contributed by atoms with E-state index in [1.165, 1.54) is 24.8 Å². The molecule has 6 rings (SSSR count). The van der Waals surface area contributed by atoms with Crippen LogP contribution in [0, 0.1) is 13.8 Å². The summed E-state index contributed by atoms with van der Waals surface area (Å²) in [5, 5.41) is 14.2. The minimum atomic E-state index is -0.0674. The summed E-state index contributed by atoms with van der Waals surface area (Å²) in [6, 6.07) is 12.5. The molecule has 1 aliphatic heterocycles. The molecule has 39 heavy (non-hydrogen) atoms. The average molecular weight is 529 g/mol. The van der Waals surface area contributed by atoms with E-state index in [4.69, 9.17) is 9.47 Å². The normalized spacial score (nSPS) is 16.3. The lowest BCUT2D eigenvalue weighted by Crippen LogP contribution is -2.33. The van der Waals surface area contributed by atoms with E-state index >= 15 is 0 Å². The van der Waals surface area contributed by atoms with Crippen molar-refractivity contribution in [1.29, 1.82) is 0 Å². The van der Waals surface area contributed by atoms with Crippen LogP contribution in [0.3, 0.4) is 0 Å². The van der Waals surface area contributed by atoms with Crippen molar-refractivity contribution in [3.8, 4) is 11.5 Å². The van der Waals surface area contributed by atoms with Gasteiger partial charge in [0.25, 0.3) is 5.56 Å². The first-order valence-corrected chi connectivity index (χ1v) is 14.0. The maximum absolute atomic E-state index is 13.3. The van der Waals surface area contributed by atoms with Gasteiger partial charge in [-0.15, -0.1) is 5.10 Å². The molecule has 1 atom stereocenters. The predicted molar refractivity (Wildman–Crippen MR) is 149 cm³/mol. The van der Waals surface area contributed by atoms with Crippen LogP contribution in [0.2, 0.25) is 0 Å². The Kier molecular flexibility index (Phi) is 7.08. The molecule has 9 nitrogen and oxygen atoms in total. The zero-order valence-electron chi connectivity index (χ0n) is 22.9. The highest BCUT2D eigenvalue weighted by molar-refractivity contribution is 5.80. The van der Waals surface area contributed by atoms with Crippen LogP contribution in [0.5, 0.6) is 11.5 Å². The molecule has 0 unspecified atom stereocenters.